The number of hydrogen-bond acceptors (Lipinski definition) is 3. The lowest BCUT2D eigenvalue weighted by molar-refractivity contribution is -0.117. The van der Waals surface area contributed by atoms with Crippen molar-refractivity contribution in [3.05, 3.63) is 60.2 Å². The van der Waals surface area contributed by atoms with E-state index < -0.39 is 0 Å². The van der Waals surface area contributed by atoms with Crippen molar-refractivity contribution >= 4 is 23.2 Å². The van der Waals surface area contributed by atoms with Gasteiger partial charge in [0.05, 0.1) is 0 Å². The highest BCUT2D eigenvalue weighted by molar-refractivity contribution is 5.94. The highest BCUT2D eigenvalue weighted by Gasteiger charge is 2.22. The van der Waals surface area contributed by atoms with E-state index in [2.05, 4.69) is 31.0 Å². The Bertz CT molecular complexity index is 802. The summed E-state index contributed by atoms with van der Waals surface area (Å²) >= 11 is 0. The van der Waals surface area contributed by atoms with Gasteiger partial charge in [-0.15, -0.1) is 0 Å². The maximum absolute atomic E-state index is 12.6. The molecule has 0 atom stereocenters. The molecule has 148 valence electrons. The van der Waals surface area contributed by atoms with Crippen LogP contribution < -0.4 is 10.2 Å². The van der Waals surface area contributed by atoms with Crippen molar-refractivity contribution in [1.29, 1.82) is 0 Å². The number of rotatable bonds is 4. The summed E-state index contributed by atoms with van der Waals surface area (Å²) in [6.07, 6.45) is 0.492. The lowest BCUT2D eigenvalue weighted by Crippen LogP contribution is -2.48. The molecule has 0 aliphatic carbocycles. The van der Waals surface area contributed by atoms with Crippen molar-refractivity contribution in [2.45, 2.75) is 27.2 Å². The number of anilines is 2. The van der Waals surface area contributed by atoms with Crippen molar-refractivity contribution in [2.75, 3.05) is 36.4 Å². The lowest BCUT2D eigenvalue weighted by Gasteiger charge is -2.36. The third-order valence-electron chi connectivity index (χ3n) is 4.79. The summed E-state index contributed by atoms with van der Waals surface area (Å²) in [6, 6.07) is 17.4. The Balaban J connectivity index is 1.53. The first-order valence-electron chi connectivity index (χ1n) is 9.81. The predicted molar refractivity (Wildman–Crippen MR) is 114 cm³/mol. The number of nitrogens with zero attached hydrogens (tertiary/aromatic N) is 2. The third kappa shape index (κ3) is 5.35. The SMILES string of the molecule is CC(C)(C)CC(=O)Nc1ccc(N2CCN(C(=O)c3ccccc3)CC2)cc1. The molecule has 0 spiro atoms. The maximum Gasteiger partial charge on any atom is 0.253 e. The third-order valence-corrected chi connectivity index (χ3v) is 4.79. The minimum absolute atomic E-state index is 0.0269. The van der Waals surface area contributed by atoms with E-state index in [1.165, 1.54) is 0 Å². The summed E-state index contributed by atoms with van der Waals surface area (Å²) in [4.78, 5) is 28.8. The van der Waals surface area contributed by atoms with E-state index in [0.29, 0.717) is 19.5 Å². The van der Waals surface area contributed by atoms with Gasteiger partial charge in [0.15, 0.2) is 0 Å². The summed E-state index contributed by atoms with van der Waals surface area (Å²) in [5.41, 5.74) is 2.64. The number of benzene rings is 2. The second-order valence-electron chi connectivity index (χ2n) is 8.48. The lowest BCUT2D eigenvalue weighted by atomic mass is 9.92. The van der Waals surface area contributed by atoms with Crippen molar-refractivity contribution in [3.63, 3.8) is 0 Å². The van der Waals surface area contributed by atoms with Crippen LogP contribution in [0.2, 0.25) is 0 Å². The summed E-state index contributed by atoms with van der Waals surface area (Å²) < 4.78 is 0. The molecule has 0 aromatic heterocycles. The van der Waals surface area contributed by atoms with Crippen molar-refractivity contribution in [1.82, 2.24) is 4.90 Å². The highest BCUT2D eigenvalue weighted by atomic mass is 16.2. The van der Waals surface area contributed by atoms with Crippen LogP contribution in [0.25, 0.3) is 0 Å². The van der Waals surface area contributed by atoms with E-state index in [0.717, 1.165) is 30.0 Å². The van der Waals surface area contributed by atoms with Gasteiger partial charge >= 0.3 is 0 Å². The van der Waals surface area contributed by atoms with E-state index in [1.807, 2.05) is 59.5 Å². The summed E-state index contributed by atoms with van der Waals surface area (Å²) in [5, 5.41) is 2.96. The average Bonchev–Trinajstić information content (AvgIpc) is 2.67. The summed E-state index contributed by atoms with van der Waals surface area (Å²) in [5.74, 6) is 0.130. The van der Waals surface area contributed by atoms with Crippen LogP contribution in [-0.4, -0.2) is 42.9 Å². The van der Waals surface area contributed by atoms with Crippen LogP contribution in [0.5, 0.6) is 0 Å². The fourth-order valence-corrected chi connectivity index (χ4v) is 3.37. The van der Waals surface area contributed by atoms with Gasteiger partial charge in [0, 0.05) is 49.5 Å². The van der Waals surface area contributed by atoms with Crippen LogP contribution in [0.1, 0.15) is 37.6 Å². The van der Waals surface area contributed by atoms with Gasteiger partial charge < -0.3 is 15.1 Å². The van der Waals surface area contributed by atoms with Crippen LogP contribution >= 0.6 is 0 Å². The molecule has 28 heavy (non-hydrogen) atoms. The fraction of sp³-hybridized carbons (Fsp3) is 0.391. The topological polar surface area (TPSA) is 52.7 Å². The molecule has 2 amide bonds. The Hall–Kier alpha value is -2.82. The zero-order chi connectivity index (χ0) is 20.1. The quantitative estimate of drug-likeness (QED) is 0.873. The van der Waals surface area contributed by atoms with Crippen molar-refractivity contribution < 1.29 is 9.59 Å². The first-order chi connectivity index (χ1) is 13.3. The molecule has 3 rings (SSSR count). The normalized spacial score (nSPS) is 14.7. The Morgan fingerprint density at radius 1 is 0.893 bits per heavy atom. The molecule has 0 radical (unpaired) electrons. The van der Waals surface area contributed by atoms with Crippen molar-refractivity contribution in [2.24, 2.45) is 5.41 Å². The molecule has 1 N–H and O–H groups in total. The first kappa shape index (κ1) is 19.9. The van der Waals surface area contributed by atoms with Gasteiger partial charge in [0.1, 0.15) is 0 Å². The van der Waals surface area contributed by atoms with Gasteiger partial charge in [-0.3, -0.25) is 9.59 Å². The van der Waals surface area contributed by atoms with Crippen LogP contribution in [0.4, 0.5) is 11.4 Å². The molecule has 5 heteroatoms. The number of piperazine rings is 1. The van der Waals surface area contributed by atoms with E-state index in [1.54, 1.807) is 0 Å². The van der Waals surface area contributed by atoms with Crippen LogP contribution in [0, 0.1) is 5.41 Å². The molecule has 5 nitrogen and oxygen atoms in total. The molecule has 0 unspecified atom stereocenters. The summed E-state index contributed by atoms with van der Waals surface area (Å²) in [6.45, 7) is 9.17. The minimum Gasteiger partial charge on any atom is -0.368 e. The fourth-order valence-electron chi connectivity index (χ4n) is 3.37. The van der Waals surface area contributed by atoms with Gasteiger partial charge in [-0.25, -0.2) is 0 Å². The van der Waals surface area contributed by atoms with Crippen LogP contribution in [0.15, 0.2) is 54.6 Å². The zero-order valence-electron chi connectivity index (χ0n) is 16.9. The van der Waals surface area contributed by atoms with Gasteiger partial charge in [-0.1, -0.05) is 39.0 Å². The molecule has 1 aliphatic heterocycles. The minimum atomic E-state index is -0.0269. The van der Waals surface area contributed by atoms with Gasteiger partial charge in [-0.2, -0.15) is 0 Å². The van der Waals surface area contributed by atoms with Crippen LogP contribution in [-0.2, 0) is 4.79 Å². The Labute approximate surface area is 167 Å². The highest BCUT2D eigenvalue weighted by Crippen LogP contribution is 2.22. The Morgan fingerprint density at radius 3 is 2.07 bits per heavy atom. The smallest absolute Gasteiger partial charge is 0.253 e. The number of nitrogens with one attached hydrogen (secondary N) is 1. The predicted octanol–water partition coefficient (Wildman–Crippen LogP) is 4.02. The number of carbonyl (C=O) groups excluding carboxylic acids is 2. The molecule has 1 fully saturated rings. The molecule has 1 heterocycles. The van der Waals surface area contributed by atoms with E-state index in [4.69, 9.17) is 0 Å². The largest absolute Gasteiger partial charge is 0.368 e. The van der Waals surface area contributed by atoms with Crippen LogP contribution in [0.3, 0.4) is 0 Å². The molecule has 2 aromatic rings. The Kier molecular flexibility index (Phi) is 6.02. The molecule has 0 saturated carbocycles. The van der Waals surface area contributed by atoms with Crippen molar-refractivity contribution in [3.8, 4) is 0 Å². The molecular formula is C23H29N3O2. The molecule has 1 saturated heterocycles. The first-order valence-corrected chi connectivity index (χ1v) is 9.81. The average molecular weight is 380 g/mol. The van der Waals surface area contributed by atoms with E-state index in [9.17, 15) is 9.59 Å². The second-order valence-corrected chi connectivity index (χ2v) is 8.48. The molecular weight excluding hydrogens is 350 g/mol. The molecule has 0 bridgehead atoms. The number of amides is 2. The van der Waals surface area contributed by atoms with Gasteiger partial charge in [0.25, 0.3) is 5.91 Å². The van der Waals surface area contributed by atoms with E-state index in [-0.39, 0.29) is 17.2 Å². The maximum atomic E-state index is 12.6. The van der Waals surface area contributed by atoms with E-state index >= 15 is 0 Å². The standard InChI is InChI=1S/C23H29N3O2/c1-23(2,3)17-21(27)24-19-9-11-20(12-10-19)25-13-15-26(16-14-25)22(28)18-7-5-4-6-8-18/h4-12H,13-17H2,1-3H3,(H,24,27). The second kappa shape index (κ2) is 8.46. The summed E-state index contributed by atoms with van der Waals surface area (Å²) in [7, 11) is 0. The Morgan fingerprint density at radius 2 is 1.50 bits per heavy atom. The monoisotopic (exact) mass is 379 g/mol. The number of hydrogen-bond donors (Lipinski definition) is 1. The number of carbonyl (C=O) groups is 2. The van der Waals surface area contributed by atoms with Gasteiger partial charge in [0.2, 0.25) is 5.91 Å². The molecule has 2 aromatic carbocycles. The molecule has 1 aliphatic rings. The van der Waals surface area contributed by atoms with Gasteiger partial charge in [-0.05, 0) is 41.8 Å². The zero-order valence-corrected chi connectivity index (χ0v) is 16.9.